The van der Waals surface area contributed by atoms with Crippen molar-refractivity contribution in [1.82, 2.24) is 49.4 Å². The standard InChI is InChI=1S/C56H105N11O14/c1-11-17-23-58-29-48(73)60(25-19-13-3)37-53(78)66(32-45(9)70)41-55(80)65(31-44(8)69)40-52(77)62(27-21-15-5)36-50(75)63(28-22-16-6)38-54(79)67(33-46(10)71)42-56(81)64(30-43(7)68)39-51(76)61(26-20-14-4)35-49(74)59(24-18-12-2)34-47(57)72/h43-46,58,68-71H,11-42H2,1-10H3,(H2,57,72). The van der Waals surface area contributed by atoms with Gasteiger partial charge in [-0.2, -0.15) is 0 Å². The Morgan fingerprint density at radius 3 is 0.728 bits per heavy atom. The van der Waals surface area contributed by atoms with Gasteiger partial charge in [0.25, 0.3) is 0 Å². The van der Waals surface area contributed by atoms with Gasteiger partial charge < -0.3 is 75.6 Å². The van der Waals surface area contributed by atoms with E-state index in [4.69, 9.17) is 5.73 Å². The molecule has 0 radical (unpaired) electrons. The molecule has 468 valence electrons. The summed E-state index contributed by atoms with van der Waals surface area (Å²) in [5, 5.41) is 45.1. The smallest absolute Gasteiger partial charge is 0.242 e. The summed E-state index contributed by atoms with van der Waals surface area (Å²) in [7, 11) is 0. The zero-order valence-corrected chi connectivity index (χ0v) is 50.9. The summed E-state index contributed by atoms with van der Waals surface area (Å²) in [4.78, 5) is 148. The molecule has 81 heavy (non-hydrogen) atoms. The number of carbonyl (C=O) groups is 10. The minimum Gasteiger partial charge on any atom is -0.392 e. The third kappa shape index (κ3) is 33.3. The Bertz CT molecular complexity index is 1910. The van der Waals surface area contributed by atoms with Crippen LogP contribution in [0.1, 0.15) is 146 Å². The van der Waals surface area contributed by atoms with Crippen LogP contribution in [0.3, 0.4) is 0 Å². The largest absolute Gasteiger partial charge is 0.392 e. The van der Waals surface area contributed by atoms with Crippen LogP contribution in [0.5, 0.6) is 0 Å². The summed E-state index contributed by atoms with van der Waals surface area (Å²) in [6.45, 7) is 12.8. The van der Waals surface area contributed by atoms with Crippen molar-refractivity contribution in [2.24, 2.45) is 5.73 Å². The van der Waals surface area contributed by atoms with Crippen LogP contribution in [0.2, 0.25) is 0 Å². The molecule has 0 saturated heterocycles. The van der Waals surface area contributed by atoms with E-state index in [1.807, 2.05) is 41.5 Å². The van der Waals surface area contributed by atoms with E-state index in [0.717, 1.165) is 45.3 Å². The van der Waals surface area contributed by atoms with Crippen molar-refractivity contribution in [2.45, 2.75) is 171 Å². The number of nitrogens with zero attached hydrogens (tertiary/aromatic N) is 9. The molecular weight excluding hydrogens is 1050 g/mol. The monoisotopic (exact) mass is 1160 g/mol. The van der Waals surface area contributed by atoms with Crippen LogP contribution >= 0.6 is 0 Å². The zero-order valence-electron chi connectivity index (χ0n) is 50.9. The van der Waals surface area contributed by atoms with Gasteiger partial charge in [0.1, 0.15) is 0 Å². The van der Waals surface area contributed by atoms with Gasteiger partial charge in [-0.25, -0.2) is 0 Å². The Hall–Kier alpha value is -5.50. The third-order valence-electron chi connectivity index (χ3n) is 13.0. The van der Waals surface area contributed by atoms with Crippen molar-refractivity contribution in [3.8, 4) is 0 Å². The Morgan fingerprint density at radius 2 is 0.519 bits per heavy atom. The van der Waals surface area contributed by atoms with E-state index >= 15 is 0 Å². The molecule has 0 rings (SSSR count). The molecular formula is C56H105N11O14. The number of aliphatic hydroxyl groups excluding tert-OH is 4. The molecule has 0 spiro atoms. The fourth-order valence-corrected chi connectivity index (χ4v) is 8.40. The fourth-order valence-electron chi connectivity index (χ4n) is 8.40. The average Bonchev–Trinajstić information content (AvgIpc) is 3.40. The van der Waals surface area contributed by atoms with Crippen LogP contribution in [0.15, 0.2) is 0 Å². The normalized spacial score (nSPS) is 12.6. The second kappa shape index (κ2) is 43.2. The molecule has 0 aromatic carbocycles. The molecule has 0 aliphatic heterocycles. The lowest BCUT2D eigenvalue weighted by molar-refractivity contribution is -0.150. The molecule has 25 nitrogen and oxygen atoms in total. The van der Waals surface area contributed by atoms with Crippen molar-refractivity contribution >= 4 is 59.1 Å². The lowest BCUT2D eigenvalue weighted by Gasteiger charge is -2.33. The number of primary amides is 1. The zero-order chi connectivity index (χ0) is 61.6. The highest BCUT2D eigenvalue weighted by atomic mass is 16.3. The molecule has 0 heterocycles. The van der Waals surface area contributed by atoms with Gasteiger partial charge in [-0.05, 0) is 72.8 Å². The van der Waals surface area contributed by atoms with Crippen LogP contribution < -0.4 is 11.1 Å². The van der Waals surface area contributed by atoms with E-state index in [0.29, 0.717) is 64.5 Å². The summed E-state index contributed by atoms with van der Waals surface area (Å²) in [5.41, 5.74) is 5.42. The molecule has 0 saturated carbocycles. The van der Waals surface area contributed by atoms with Gasteiger partial charge in [-0.3, -0.25) is 47.9 Å². The topological polar surface area (TPSA) is 319 Å². The minimum atomic E-state index is -1.15. The van der Waals surface area contributed by atoms with Gasteiger partial charge in [0.05, 0.1) is 89.9 Å². The quantitative estimate of drug-likeness (QED) is 0.0432. The summed E-state index contributed by atoms with van der Waals surface area (Å²) < 4.78 is 0. The van der Waals surface area contributed by atoms with Crippen LogP contribution in [0, 0.1) is 0 Å². The molecule has 7 N–H and O–H groups in total. The molecule has 10 amide bonds. The van der Waals surface area contributed by atoms with Crippen molar-refractivity contribution < 1.29 is 68.4 Å². The molecule has 0 aliphatic rings. The first kappa shape index (κ1) is 75.5. The van der Waals surface area contributed by atoms with E-state index in [-0.39, 0.29) is 77.9 Å². The maximum Gasteiger partial charge on any atom is 0.242 e. The Morgan fingerprint density at radius 1 is 0.321 bits per heavy atom. The van der Waals surface area contributed by atoms with Gasteiger partial charge in [0, 0.05) is 58.9 Å². The van der Waals surface area contributed by atoms with Crippen LogP contribution in [-0.4, -0.2) is 279 Å². The summed E-state index contributed by atoms with van der Waals surface area (Å²) in [5.74, 6) is -6.30. The number of aliphatic hydroxyl groups is 4. The summed E-state index contributed by atoms with van der Waals surface area (Å²) in [6.07, 6.45) is 3.32. The predicted molar refractivity (Wildman–Crippen MR) is 307 cm³/mol. The highest BCUT2D eigenvalue weighted by Crippen LogP contribution is 2.11. The second-order valence-corrected chi connectivity index (χ2v) is 21.3. The number of amides is 10. The highest BCUT2D eigenvalue weighted by molar-refractivity contribution is 5.94. The predicted octanol–water partition coefficient (Wildman–Crippen LogP) is -0.158. The van der Waals surface area contributed by atoms with Gasteiger partial charge in [0.2, 0.25) is 59.1 Å². The summed E-state index contributed by atoms with van der Waals surface area (Å²) in [6, 6.07) is 0. The van der Waals surface area contributed by atoms with Crippen LogP contribution in [0.25, 0.3) is 0 Å². The molecule has 25 heteroatoms. The molecule has 4 unspecified atom stereocenters. The number of nitrogens with one attached hydrogen (secondary N) is 1. The highest BCUT2D eigenvalue weighted by Gasteiger charge is 2.32. The van der Waals surface area contributed by atoms with Crippen LogP contribution in [-0.2, 0) is 47.9 Å². The van der Waals surface area contributed by atoms with Crippen molar-refractivity contribution in [2.75, 3.05) is 131 Å². The molecule has 0 aromatic heterocycles. The second-order valence-electron chi connectivity index (χ2n) is 21.3. The molecule has 0 fully saturated rings. The first-order valence-electron chi connectivity index (χ1n) is 29.5. The number of hydrogen-bond acceptors (Lipinski definition) is 15. The lowest BCUT2D eigenvalue weighted by atomic mass is 10.2. The maximum atomic E-state index is 14.3. The fraction of sp³-hybridized carbons (Fsp3) is 0.821. The van der Waals surface area contributed by atoms with E-state index < -0.39 is 123 Å². The first-order chi connectivity index (χ1) is 38.3. The number of carbonyl (C=O) groups excluding carboxylic acids is 10. The summed E-state index contributed by atoms with van der Waals surface area (Å²) >= 11 is 0. The van der Waals surface area contributed by atoms with Gasteiger partial charge in [0.15, 0.2) is 0 Å². The van der Waals surface area contributed by atoms with Crippen molar-refractivity contribution in [3.63, 3.8) is 0 Å². The number of unbranched alkanes of at least 4 members (excludes halogenated alkanes) is 6. The van der Waals surface area contributed by atoms with Crippen molar-refractivity contribution in [3.05, 3.63) is 0 Å². The average molecular weight is 1160 g/mol. The van der Waals surface area contributed by atoms with E-state index in [2.05, 4.69) is 5.32 Å². The van der Waals surface area contributed by atoms with Gasteiger partial charge in [-0.15, -0.1) is 0 Å². The molecule has 0 aliphatic carbocycles. The van der Waals surface area contributed by atoms with Crippen LogP contribution in [0.4, 0.5) is 0 Å². The Kier molecular flexibility index (Phi) is 40.3. The Balaban J connectivity index is 6.73. The Labute approximate surface area is 482 Å². The minimum absolute atomic E-state index is 0.0193. The van der Waals surface area contributed by atoms with E-state index in [9.17, 15) is 68.4 Å². The number of hydrogen-bond donors (Lipinski definition) is 6. The van der Waals surface area contributed by atoms with Gasteiger partial charge >= 0.3 is 0 Å². The maximum absolute atomic E-state index is 14.3. The molecule has 0 aromatic rings. The number of rotatable bonds is 46. The first-order valence-corrected chi connectivity index (χ1v) is 29.5. The van der Waals surface area contributed by atoms with Gasteiger partial charge in [-0.1, -0.05) is 80.1 Å². The lowest BCUT2D eigenvalue weighted by Crippen LogP contribution is -2.54. The SMILES string of the molecule is CCCCNCC(=O)N(CCCC)CC(=O)N(CC(=O)N(CC(=O)N(CCCC)CC(=O)N(CCCC)CC(=O)N(CC(=O)N(CC(=O)N(CCCC)CC(=O)N(CCCC)CC(N)=O)CC(C)O)CC(C)O)CC(C)O)CC(C)O. The van der Waals surface area contributed by atoms with Crippen molar-refractivity contribution in [1.29, 1.82) is 0 Å². The third-order valence-corrected chi connectivity index (χ3v) is 13.0. The molecule has 0 bridgehead atoms. The van der Waals surface area contributed by atoms with E-state index in [1.54, 1.807) is 0 Å². The molecule has 4 atom stereocenters. The van der Waals surface area contributed by atoms with E-state index in [1.165, 1.54) is 52.2 Å². The number of nitrogens with two attached hydrogens (primary N) is 1.